The molecule has 0 saturated carbocycles. The number of thiazole rings is 1. The zero-order chi connectivity index (χ0) is 16.1. The molecule has 7 heteroatoms. The Kier molecular flexibility index (Phi) is 7.70. The summed E-state index contributed by atoms with van der Waals surface area (Å²) in [5.74, 6) is 0.924. The fraction of sp³-hybridized carbons (Fsp3) is 0.529. The number of hydrogen-bond acceptors (Lipinski definition) is 4. The third kappa shape index (κ3) is 5.03. The highest BCUT2D eigenvalue weighted by Gasteiger charge is 2.22. The van der Waals surface area contributed by atoms with Crippen molar-refractivity contribution in [1.29, 1.82) is 0 Å². The van der Waals surface area contributed by atoms with Gasteiger partial charge in [0.25, 0.3) is 0 Å². The van der Waals surface area contributed by atoms with Crippen LogP contribution in [-0.4, -0.2) is 53.2 Å². The molecule has 1 atom stereocenters. The van der Waals surface area contributed by atoms with Crippen molar-refractivity contribution >= 4 is 51.5 Å². The molecule has 0 bridgehead atoms. The van der Waals surface area contributed by atoms with Crippen LogP contribution in [0.3, 0.4) is 0 Å². The van der Waals surface area contributed by atoms with Crippen LogP contribution < -0.4 is 5.32 Å². The zero-order valence-corrected chi connectivity index (χ0v) is 17.1. The van der Waals surface area contributed by atoms with E-state index >= 15 is 0 Å². The fourth-order valence-electron chi connectivity index (χ4n) is 2.80. The van der Waals surface area contributed by atoms with Gasteiger partial charge in [0, 0.05) is 32.6 Å². The smallest absolute Gasteiger partial charge is 0.194 e. The lowest BCUT2D eigenvalue weighted by Crippen LogP contribution is -2.40. The van der Waals surface area contributed by atoms with E-state index in [0.717, 1.165) is 50.4 Å². The summed E-state index contributed by atoms with van der Waals surface area (Å²) in [5.41, 5.74) is 1.09. The lowest BCUT2D eigenvalue weighted by Gasteiger charge is -2.20. The molecule has 2 N–H and O–H groups in total. The van der Waals surface area contributed by atoms with Crippen LogP contribution in [0, 0.1) is 0 Å². The number of rotatable bonds is 5. The number of aliphatic hydroxyl groups is 1. The van der Waals surface area contributed by atoms with Gasteiger partial charge < -0.3 is 15.3 Å². The van der Waals surface area contributed by atoms with Crippen molar-refractivity contribution < 1.29 is 5.11 Å². The first-order valence-corrected chi connectivity index (χ1v) is 9.13. The molecule has 1 aromatic carbocycles. The quantitative estimate of drug-likeness (QED) is 0.312. The van der Waals surface area contributed by atoms with Gasteiger partial charge in [-0.1, -0.05) is 12.1 Å². The predicted octanol–water partition coefficient (Wildman–Crippen LogP) is 2.88. The molecule has 3 rings (SSSR count). The van der Waals surface area contributed by atoms with Crippen LogP contribution in [0.25, 0.3) is 10.2 Å². The maximum absolute atomic E-state index is 9.67. The molecule has 2 heterocycles. The van der Waals surface area contributed by atoms with Crippen LogP contribution in [0.4, 0.5) is 0 Å². The molecule has 0 radical (unpaired) electrons. The first-order chi connectivity index (χ1) is 11.3. The van der Waals surface area contributed by atoms with Gasteiger partial charge in [-0.2, -0.15) is 0 Å². The van der Waals surface area contributed by atoms with Crippen LogP contribution in [-0.2, 0) is 6.42 Å². The molecule has 0 spiro atoms. The molecule has 24 heavy (non-hydrogen) atoms. The normalized spacial score (nSPS) is 18.0. The lowest BCUT2D eigenvalue weighted by atomic mass is 10.3. The number of benzene rings is 1. The average Bonchev–Trinajstić information content (AvgIpc) is 3.16. The molecule has 1 aliphatic heterocycles. The van der Waals surface area contributed by atoms with Crippen LogP contribution in [0.5, 0.6) is 0 Å². The highest BCUT2D eigenvalue weighted by Crippen LogP contribution is 2.22. The number of hydrogen-bond donors (Lipinski definition) is 2. The molecule has 1 fully saturated rings. The molecule has 0 unspecified atom stereocenters. The second-order valence-electron chi connectivity index (χ2n) is 5.80. The lowest BCUT2D eigenvalue weighted by molar-refractivity contribution is 0.188. The number of aliphatic hydroxyl groups excluding tert-OH is 1. The standard InChI is InChI=1S/C17H24N4OS.HI/c1-2-18-17(21-11-9-13(22)12-21)19-10-5-8-16-20-14-6-3-4-7-15(14)23-16;/h3-4,6-7,13,22H,2,5,8-12H2,1H3,(H,18,19);1H/t13-;/m1./s1. The number of para-hydroxylation sites is 1. The van der Waals surface area contributed by atoms with E-state index in [-0.39, 0.29) is 30.1 Å². The molecular weight excluding hydrogens is 435 g/mol. The number of guanidine groups is 1. The second-order valence-corrected chi connectivity index (χ2v) is 6.92. The van der Waals surface area contributed by atoms with Crippen molar-refractivity contribution in [2.45, 2.75) is 32.3 Å². The maximum atomic E-state index is 9.67. The number of aromatic nitrogens is 1. The highest BCUT2D eigenvalue weighted by atomic mass is 127. The topological polar surface area (TPSA) is 60.8 Å². The Morgan fingerprint density at radius 1 is 1.46 bits per heavy atom. The predicted molar refractivity (Wildman–Crippen MR) is 112 cm³/mol. The van der Waals surface area contributed by atoms with E-state index in [0.29, 0.717) is 6.54 Å². The van der Waals surface area contributed by atoms with Gasteiger partial charge in [-0.3, -0.25) is 4.99 Å². The summed E-state index contributed by atoms with van der Waals surface area (Å²) in [7, 11) is 0. The fourth-order valence-corrected chi connectivity index (χ4v) is 3.81. The summed E-state index contributed by atoms with van der Waals surface area (Å²) in [6.45, 7) is 5.27. The molecule has 0 amide bonds. The summed E-state index contributed by atoms with van der Waals surface area (Å²) in [5, 5.41) is 14.2. The van der Waals surface area contributed by atoms with Crippen LogP contribution in [0.2, 0.25) is 0 Å². The number of halogens is 1. The zero-order valence-electron chi connectivity index (χ0n) is 13.9. The van der Waals surface area contributed by atoms with Crippen LogP contribution >= 0.6 is 35.3 Å². The van der Waals surface area contributed by atoms with Gasteiger partial charge in [-0.25, -0.2) is 4.98 Å². The van der Waals surface area contributed by atoms with Crippen LogP contribution in [0.15, 0.2) is 29.3 Å². The van der Waals surface area contributed by atoms with E-state index in [1.165, 1.54) is 9.71 Å². The SMILES string of the molecule is CCNC(=NCCCc1nc2ccccc2s1)N1CC[C@@H](O)C1.I. The summed E-state index contributed by atoms with van der Waals surface area (Å²) < 4.78 is 1.25. The first-order valence-electron chi connectivity index (χ1n) is 8.32. The third-order valence-corrected chi connectivity index (χ3v) is 5.04. The third-order valence-electron chi connectivity index (χ3n) is 3.95. The Labute approximate surface area is 164 Å². The van der Waals surface area contributed by atoms with Crippen molar-refractivity contribution in [3.8, 4) is 0 Å². The summed E-state index contributed by atoms with van der Waals surface area (Å²) in [6, 6.07) is 8.27. The van der Waals surface area contributed by atoms with E-state index in [9.17, 15) is 5.11 Å². The van der Waals surface area contributed by atoms with Gasteiger partial charge in [0.1, 0.15) is 0 Å². The van der Waals surface area contributed by atoms with E-state index in [1.807, 2.05) is 6.07 Å². The summed E-state index contributed by atoms with van der Waals surface area (Å²) in [6.07, 6.45) is 2.56. The van der Waals surface area contributed by atoms with E-state index in [4.69, 9.17) is 4.99 Å². The maximum Gasteiger partial charge on any atom is 0.194 e. The molecule has 132 valence electrons. The molecule has 5 nitrogen and oxygen atoms in total. The van der Waals surface area contributed by atoms with Gasteiger partial charge in [0.15, 0.2) is 5.96 Å². The van der Waals surface area contributed by atoms with E-state index in [2.05, 4.69) is 40.3 Å². The Bertz CT molecular complexity index is 642. The van der Waals surface area contributed by atoms with Gasteiger partial charge in [-0.15, -0.1) is 35.3 Å². The van der Waals surface area contributed by atoms with Crippen LogP contribution in [0.1, 0.15) is 24.8 Å². The minimum Gasteiger partial charge on any atom is -0.391 e. The van der Waals surface area contributed by atoms with Crippen molar-refractivity contribution in [2.75, 3.05) is 26.2 Å². The number of likely N-dealkylation sites (tertiary alicyclic amines) is 1. The van der Waals surface area contributed by atoms with Gasteiger partial charge in [-0.05, 0) is 31.9 Å². The molecule has 0 aliphatic carbocycles. The Morgan fingerprint density at radius 2 is 2.29 bits per heavy atom. The van der Waals surface area contributed by atoms with Gasteiger partial charge in [0.05, 0.1) is 21.3 Å². The Hall–Kier alpha value is -0.930. The number of aliphatic imine (C=N–C) groups is 1. The number of nitrogens with zero attached hydrogens (tertiary/aromatic N) is 3. The molecule has 2 aromatic rings. The average molecular weight is 460 g/mol. The van der Waals surface area contributed by atoms with Gasteiger partial charge in [0.2, 0.25) is 0 Å². The van der Waals surface area contributed by atoms with Crippen molar-refractivity contribution in [3.05, 3.63) is 29.3 Å². The van der Waals surface area contributed by atoms with Crippen molar-refractivity contribution in [1.82, 2.24) is 15.2 Å². The minimum absolute atomic E-state index is 0. The van der Waals surface area contributed by atoms with E-state index in [1.54, 1.807) is 11.3 Å². The molecule has 1 saturated heterocycles. The van der Waals surface area contributed by atoms with Crippen molar-refractivity contribution in [2.24, 2.45) is 4.99 Å². The number of nitrogens with one attached hydrogen (secondary N) is 1. The highest BCUT2D eigenvalue weighted by molar-refractivity contribution is 14.0. The molecular formula is C17H25IN4OS. The van der Waals surface area contributed by atoms with Gasteiger partial charge >= 0.3 is 0 Å². The molecule has 1 aromatic heterocycles. The minimum atomic E-state index is -0.221. The largest absolute Gasteiger partial charge is 0.391 e. The Morgan fingerprint density at radius 3 is 3.00 bits per heavy atom. The first kappa shape index (κ1) is 19.4. The Balaban J connectivity index is 0.00000208. The summed E-state index contributed by atoms with van der Waals surface area (Å²) >= 11 is 1.77. The van der Waals surface area contributed by atoms with E-state index < -0.39 is 0 Å². The summed E-state index contributed by atoms with van der Waals surface area (Å²) in [4.78, 5) is 11.5. The number of β-amino-alcohol motifs (C(OH)–C–C–N with tert-alkyl or cyclic N) is 1. The second kappa shape index (κ2) is 9.53. The number of fused-ring (bicyclic) bond motifs is 1. The molecule has 1 aliphatic rings. The number of aryl methyl sites for hydroxylation is 1. The van der Waals surface area contributed by atoms with Crippen molar-refractivity contribution in [3.63, 3.8) is 0 Å². The monoisotopic (exact) mass is 460 g/mol.